The molecule has 0 fully saturated rings. The Morgan fingerprint density at radius 2 is 2.31 bits per heavy atom. The van der Waals surface area contributed by atoms with E-state index >= 15 is 0 Å². The van der Waals surface area contributed by atoms with E-state index in [9.17, 15) is 0 Å². The fourth-order valence-electron chi connectivity index (χ4n) is 1.24. The van der Waals surface area contributed by atoms with Crippen molar-refractivity contribution in [1.29, 1.82) is 0 Å². The Bertz CT molecular complexity index is 259. The number of nitrogens with one attached hydrogen (secondary N) is 1. The molecule has 0 unspecified atom stereocenters. The Morgan fingerprint density at radius 1 is 1.62 bits per heavy atom. The molecule has 0 aliphatic heterocycles. The molecular formula is C9H17N3O. The van der Waals surface area contributed by atoms with Gasteiger partial charge < -0.3 is 10.4 Å². The van der Waals surface area contributed by atoms with E-state index in [1.807, 2.05) is 26.4 Å². The Morgan fingerprint density at radius 3 is 2.77 bits per heavy atom. The van der Waals surface area contributed by atoms with Crippen LogP contribution in [0.25, 0.3) is 0 Å². The first-order valence-corrected chi connectivity index (χ1v) is 4.49. The third kappa shape index (κ3) is 2.82. The largest absolute Gasteiger partial charge is 0.395 e. The van der Waals surface area contributed by atoms with Gasteiger partial charge in [-0.25, -0.2) is 0 Å². The number of aliphatic hydroxyl groups is 1. The van der Waals surface area contributed by atoms with Crippen LogP contribution in [0.5, 0.6) is 0 Å². The molecule has 4 heteroatoms. The Hall–Kier alpha value is -0.870. The molecule has 0 spiro atoms. The molecule has 2 atom stereocenters. The summed E-state index contributed by atoms with van der Waals surface area (Å²) in [7, 11) is 1.89. The van der Waals surface area contributed by atoms with E-state index in [0.717, 1.165) is 5.56 Å². The van der Waals surface area contributed by atoms with Gasteiger partial charge in [-0.15, -0.1) is 0 Å². The summed E-state index contributed by atoms with van der Waals surface area (Å²) in [6.07, 6.45) is 3.81. The standard InChI is InChI=1S/C9H17N3O/c1-7(6-13)11-8(2)9-4-10-12(3)5-9/h4-5,7-8,11,13H,6H2,1-3H3/t7-,8-/m1/s1. The molecule has 74 valence electrons. The molecule has 0 bridgehead atoms. The molecule has 1 rings (SSSR count). The van der Waals surface area contributed by atoms with Gasteiger partial charge in [-0.05, 0) is 13.8 Å². The third-order valence-electron chi connectivity index (χ3n) is 2.03. The highest BCUT2D eigenvalue weighted by atomic mass is 16.3. The SMILES string of the molecule is C[C@H](CO)N[C@H](C)c1cnn(C)c1. The van der Waals surface area contributed by atoms with Gasteiger partial charge in [0.1, 0.15) is 0 Å². The fourth-order valence-corrected chi connectivity index (χ4v) is 1.24. The molecule has 13 heavy (non-hydrogen) atoms. The van der Waals surface area contributed by atoms with Crippen LogP contribution in [-0.4, -0.2) is 27.5 Å². The summed E-state index contributed by atoms with van der Waals surface area (Å²) >= 11 is 0. The Labute approximate surface area is 78.6 Å². The van der Waals surface area contributed by atoms with E-state index in [-0.39, 0.29) is 18.7 Å². The second kappa shape index (κ2) is 4.39. The maximum atomic E-state index is 8.85. The van der Waals surface area contributed by atoms with E-state index in [4.69, 9.17) is 5.11 Å². The summed E-state index contributed by atoms with van der Waals surface area (Å²) in [4.78, 5) is 0. The molecule has 1 heterocycles. The summed E-state index contributed by atoms with van der Waals surface area (Å²) in [5.41, 5.74) is 1.14. The smallest absolute Gasteiger partial charge is 0.0582 e. The van der Waals surface area contributed by atoms with Crippen molar-refractivity contribution < 1.29 is 5.11 Å². The topological polar surface area (TPSA) is 50.1 Å². The highest BCUT2D eigenvalue weighted by Crippen LogP contribution is 2.10. The monoisotopic (exact) mass is 183 g/mol. The van der Waals surface area contributed by atoms with Gasteiger partial charge in [0.25, 0.3) is 0 Å². The van der Waals surface area contributed by atoms with Crippen molar-refractivity contribution in [1.82, 2.24) is 15.1 Å². The van der Waals surface area contributed by atoms with Gasteiger partial charge in [-0.3, -0.25) is 4.68 Å². The number of aromatic nitrogens is 2. The molecule has 0 radical (unpaired) electrons. The lowest BCUT2D eigenvalue weighted by Gasteiger charge is -2.16. The fraction of sp³-hybridized carbons (Fsp3) is 0.667. The summed E-state index contributed by atoms with van der Waals surface area (Å²) < 4.78 is 1.77. The first-order valence-electron chi connectivity index (χ1n) is 4.49. The quantitative estimate of drug-likeness (QED) is 0.712. The first kappa shape index (κ1) is 10.2. The lowest BCUT2D eigenvalue weighted by atomic mass is 10.2. The van der Waals surface area contributed by atoms with Crippen molar-refractivity contribution in [3.63, 3.8) is 0 Å². The van der Waals surface area contributed by atoms with Gasteiger partial charge >= 0.3 is 0 Å². The highest BCUT2D eigenvalue weighted by Gasteiger charge is 2.09. The number of hydrogen-bond acceptors (Lipinski definition) is 3. The maximum Gasteiger partial charge on any atom is 0.0582 e. The Balaban J connectivity index is 2.53. The molecule has 0 aliphatic rings. The van der Waals surface area contributed by atoms with Crippen LogP contribution < -0.4 is 5.32 Å². The van der Waals surface area contributed by atoms with E-state index in [1.165, 1.54) is 0 Å². The molecule has 0 aliphatic carbocycles. The summed E-state index contributed by atoms with van der Waals surface area (Å²) in [6.45, 7) is 4.17. The lowest BCUT2D eigenvalue weighted by Crippen LogP contribution is -2.31. The number of aliphatic hydroxyl groups excluding tert-OH is 1. The molecule has 2 N–H and O–H groups in total. The second-order valence-corrected chi connectivity index (χ2v) is 3.42. The summed E-state index contributed by atoms with van der Waals surface area (Å²) in [6, 6.07) is 0.353. The average molecular weight is 183 g/mol. The molecule has 0 saturated heterocycles. The van der Waals surface area contributed by atoms with Crippen molar-refractivity contribution >= 4 is 0 Å². The van der Waals surface area contributed by atoms with Crippen LogP contribution in [0.3, 0.4) is 0 Å². The number of nitrogens with zero attached hydrogens (tertiary/aromatic N) is 2. The van der Waals surface area contributed by atoms with Crippen LogP contribution in [0.4, 0.5) is 0 Å². The van der Waals surface area contributed by atoms with Gasteiger partial charge in [-0.1, -0.05) is 0 Å². The molecule has 0 amide bonds. The zero-order chi connectivity index (χ0) is 9.84. The van der Waals surface area contributed by atoms with Crippen molar-refractivity contribution in [2.75, 3.05) is 6.61 Å². The zero-order valence-corrected chi connectivity index (χ0v) is 8.36. The Kier molecular flexibility index (Phi) is 3.45. The summed E-state index contributed by atoms with van der Waals surface area (Å²) in [5, 5.41) is 16.2. The van der Waals surface area contributed by atoms with Crippen LogP contribution in [0.1, 0.15) is 25.5 Å². The minimum atomic E-state index is 0.121. The highest BCUT2D eigenvalue weighted by molar-refractivity contribution is 5.09. The van der Waals surface area contributed by atoms with Gasteiger partial charge in [0.2, 0.25) is 0 Å². The van der Waals surface area contributed by atoms with E-state index in [0.29, 0.717) is 0 Å². The zero-order valence-electron chi connectivity index (χ0n) is 8.36. The van der Waals surface area contributed by atoms with Crippen LogP contribution in [-0.2, 0) is 7.05 Å². The van der Waals surface area contributed by atoms with Crippen molar-refractivity contribution in [2.24, 2.45) is 7.05 Å². The molecular weight excluding hydrogens is 166 g/mol. The van der Waals surface area contributed by atoms with E-state index in [2.05, 4.69) is 17.3 Å². The average Bonchev–Trinajstić information content (AvgIpc) is 2.51. The molecule has 0 saturated carbocycles. The van der Waals surface area contributed by atoms with E-state index < -0.39 is 0 Å². The second-order valence-electron chi connectivity index (χ2n) is 3.42. The van der Waals surface area contributed by atoms with Crippen LogP contribution in [0.15, 0.2) is 12.4 Å². The summed E-state index contributed by atoms with van der Waals surface area (Å²) in [5.74, 6) is 0. The first-order chi connectivity index (χ1) is 6.13. The van der Waals surface area contributed by atoms with Crippen LogP contribution in [0.2, 0.25) is 0 Å². The van der Waals surface area contributed by atoms with Gasteiger partial charge in [0, 0.05) is 30.9 Å². The van der Waals surface area contributed by atoms with Gasteiger partial charge in [0.05, 0.1) is 12.8 Å². The predicted molar refractivity (Wildman–Crippen MR) is 51.3 cm³/mol. The maximum absolute atomic E-state index is 8.85. The molecule has 4 nitrogen and oxygen atoms in total. The molecule has 0 aromatic carbocycles. The third-order valence-corrected chi connectivity index (χ3v) is 2.03. The number of hydrogen-bond donors (Lipinski definition) is 2. The van der Waals surface area contributed by atoms with Crippen molar-refractivity contribution in [2.45, 2.75) is 25.9 Å². The van der Waals surface area contributed by atoms with Crippen molar-refractivity contribution in [3.05, 3.63) is 18.0 Å². The minimum Gasteiger partial charge on any atom is -0.395 e. The van der Waals surface area contributed by atoms with Crippen molar-refractivity contribution in [3.8, 4) is 0 Å². The molecule has 1 aromatic heterocycles. The lowest BCUT2D eigenvalue weighted by molar-refractivity contribution is 0.243. The van der Waals surface area contributed by atoms with Gasteiger partial charge in [-0.2, -0.15) is 5.10 Å². The number of aryl methyl sites for hydroxylation is 1. The molecule has 1 aromatic rings. The van der Waals surface area contributed by atoms with Gasteiger partial charge in [0.15, 0.2) is 0 Å². The predicted octanol–water partition coefficient (Wildman–Crippen LogP) is 0.451. The minimum absolute atomic E-state index is 0.121. The van der Waals surface area contributed by atoms with E-state index in [1.54, 1.807) is 4.68 Å². The van der Waals surface area contributed by atoms with Crippen LogP contribution in [0, 0.1) is 0 Å². The van der Waals surface area contributed by atoms with Crippen LogP contribution >= 0.6 is 0 Å². The number of rotatable bonds is 4. The normalized spacial score (nSPS) is 15.7.